The molecule has 0 aliphatic heterocycles. The number of nitrogens with two attached hydrogens (primary N) is 1. The first kappa shape index (κ1) is 21.5. The van der Waals surface area contributed by atoms with Gasteiger partial charge in [-0.3, -0.25) is 4.79 Å². The lowest BCUT2D eigenvalue weighted by molar-refractivity contribution is -0.170. The molecule has 0 aromatic heterocycles. The van der Waals surface area contributed by atoms with Crippen LogP contribution in [0.1, 0.15) is 46.6 Å². The van der Waals surface area contributed by atoms with E-state index in [1.807, 2.05) is 39.0 Å². The Morgan fingerprint density at radius 1 is 1.26 bits per heavy atom. The van der Waals surface area contributed by atoms with Crippen molar-refractivity contribution in [2.75, 3.05) is 27.4 Å². The fourth-order valence-electron chi connectivity index (χ4n) is 3.64. The molecule has 6 nitrogen and oxygen atoms in total. The highest BCUT2D eigenvalue weighted by atomic mass is 16.5. The van der Waals surface area contributed by atoms with Crippen LogP contribution in [0.3, 0.4) is 0 Å². The van der Waals surface area contributed by atoms with Gasteiger partial charge in [-0.05, 0) is 24.6 Å². The molecule has 1 aromatic carbocycles. The molecule has 2 rings (SSSR count). The summed E-state index contributed by atoms with van der Waals surface area (Å²) in [4.78, 5) is 12.9. The first-order valence-corrected chi connectivity index (χ1v) is 9.44. The number of methoxy groups -OCH3 is 2. The Balaban J connectivity index is 2.08. The number of benzene rings is 1. The lowest BCUT2D eigenvalue weighted by Crippen LogP contribution is -2.76. The van der Waals surface area contributed by atoms with Gasteiger partial charge in [0.1, 0.15) is 5.54 Å². The molecule has 1 amide bonds. The van der Waals surface area contributed by atoms with Gasteiger partial charge in [0.25, 0.3) is 0 Å². The van der Waals surface area contributed by atoms with Gasteiger partial charge in [-0.15, -0.1) is 0 Å². The molecule has 1 aromatic rings. The molecule has 1 saturated carbocycles. The van der Waals surface area contributed by atoms with Crippen LogP contribution >= 0.6 is 0 Å². The summed E-state index contributed by atoms with van der Waals surface area (Å²) >= 11 is 0. The molecule has 0 radical (unpaired) electrons. The molecule has 3 N–H and O–H groups in total. The van der Waals surface area contributed by atoms with E-state index >= 15 is 0 Å². The van der Waals surface area contributed by atoms with Crippen LogP contribution in [0.4, 0.5) is 0 Å². The van der Waals surface area contributed by atoms with Gasteiger partial charge in [0.15, 0.2) is 11.5 Å². The monoisotopic (exact) mass is 378 g/mol. The van der Waals surface area contributed by atoms with Crippen LogP contribution in [-0.2, 0) is 14.9 Å². The van der Waals surface area contributed by atoms with Crippen LogP contribution < -0.4 is 20.5 Å². The van der Waals surface area contributed by atoms with E-state index in [4.69, 9.17) is 19.9 Å². The number of carbonyl (C=O) groups excluding carboxylic acids is 1. The Morgan fingerprint density at radius 3 is 2.41 bits per heavy atom. The molecule has 27 heavy (non-hydrogen) atoms. The molecule has 0 heterocycles. The lowest BCUT2D eigenvalue weighted by Gasteiger charge is -2.57. The van der Waals surface area contributed by atoms with E-state index in [1.165, 1.54) is 0 Å². The molecular weight excluding hydrogens is 344 g/mol. The fourth-order valence-corrected chi connectivity index (χ4v) is 3.64. The van der Waals surface area contributed by atoms with Crippen molar-refractivity contribution in [3.63, 3.8) is 0 Å². The Morgan fingerprint density at radius 2 is 1.89 bits per heavy atom. The van der Waals surface area contributed by atoms with Gasteiger partial charge >= 0.3 is 0 Å². The summed E-state index contributed by atoms with van der Waals surface area (Å²) in [5.74, 6) is 1.22. The second kappa shape index (κ2) is 7.68. The van der Waals surface area contributed by atoms with Crippen molar-refractivity contribution in [2.45, 2.75) is 58.1 Å². The number of rotatable bonds is 8. The zero-order chi connectivity index (χ0) is 20.5. The van der Waals surface area contributed by atoms with E-state index in [-0.39, 0.29) is 17.4 Å². The van der Waals surface area contributed by atoms with Gasteiger partial charge in [-0.2, -0.15) is 0 Å². The first-order valence-electron chi connectivity index (χ1n) is 9.44. The standard InChI is InChI=1S/C21H34N2O4/c1-8-27-17-12-21(22,20(17,4)5)18(24)23-13-19(2,3)14-9-10-15(25-6)16(11-14)26-7/h9-11,17H,8,12-13,22H2,1-7H3,(H,23,24). The minimum atomic E-state index is -0.916. The first-order chi connectivity index (χ1) is 12.5. The summed E-state index contributed by atoms with van der Waals surface area (Å²) in [6.45, 7) is 11.2. The highest BCUT2D eigenvalue weighted by Crippen LogP contribution is 2.49. The van der Waals surface area contributed by atoms with Crippen molar-refractivity contribution in [1.82, 2.24) is 5.32 Å². The van der Waals surface area contributed by atoms with E-state index in [1.54, 1.807) is 14.2 Å². The molecule has 0 spiro atoms. The Labute approximate surface area is 162 Å². The Hall–Kier alpha value is -1.79. The summed E-state index contributed by atoms with van der Waals surface area (Å²) < 4.78 is 16.4. The third-order valence-corrected chi connectivity index (χ3v) is 6.09. The van der Waals surface area contributed by atoms with E-state index in [0.717, 1.165) is 5.56 Å². The van der Waals surface area contributed by atoms with Crippen LogP contribution in [0, 0.1) is 5.41 Å². The third kappa shape index (κ3) is 3.78. The van der Waals surface area contributed by atoms with Gasteiger partial charge in [0.05, 0.1) is 20.3 Å². The summed E-state index contributed by atoms with van der Waals surface area (Å²) in [7, 11) is 3.22. The molecule has 1 aliphatic carbocycles. The van der Waals surface area contributed by atoms with Crippen LogP contribution in [0.25, 0.3) is 0 Å². The van der Waals surface area contributed by atoms with Crippen LogP contribution in [0.2, 0.25) is 0 Å². The quantitative estimate of drug-likeness (QED) is 0.727. The summed E-state index contributed by atoms with van der Waals surface area (Å²) in [6.07, 6.45) is 0.549. The Kier molecular flexibility index (Phi) is 6.12. The second-order valence-electron chi connectivity index (χ2n) is 8.48. The maximum Gasteiger partial charge on any atom is 0.240 e. The average molecular weight is 379 g/mol. The topological polar surface area (TPSA) is 82.8 Å². The van der Waals surface area contributed by atoms with Crippen LogP contribution in [-0.4, -0.2) is 44.9 Å². The average Bonchev–Trinajstić information content (AvgIpc) is 2.65. The van der Waals surface area contributed by atoms with Crippen molar-refractivity contribution in [3.05, 3.63) is 23.8 Å². The fraction of sp³-hybridized carbons (Fsp3) is 0.667. The number of nitrogens with one attached hydrogen (secondary N) is 1. The Bertz CT molecular complexity index is 687. The highest BCUT2D eigenvalue weighted by Gasteiger charge is 2.62. The zero-order valence-electron chi connectivity index (χ0n) is 17.6. The second-order valence-corrected chi connectivity index (χ2v) is 8.48. The smallest absolute Gasteiger partial charge is 0.240 e. The zero-order valence-corrected chi connectivity index (χ0v) is 17.6. The number of amides is 1. The predicted octanol–water partition coefficient (Wildman–Crippen LogP) is 2.63. The number of hydrogen-bond donors (Lipinski definition) is 2. The van der Waals surface area contributed by atoms with Gasteiger partial charge in [0, 0.05) is 30.4 Å². The minimum absolute atomic E-state index is 0.0112. The molecule has 0 bridgehead atoms. The van der Waals surface area contributed by atoms with Crippen molar-refractivity contribution in [1.29, 1.82) is 0 Å². The molecule has 0 saturated heterocycles. The molecule has 152 valence electrons. The maximum absolute atomic E-state index is 12.9. The predicted molar refractivity (Wildman–Crippen MR) is 106 cm³/mol. The van der Waals surface area contributed by atoms with Gasteiger partial charge in [-0.1, -0.05) is 33.8 Å². The van der Waals surface area contributed by atoms with E-state index < -0.39 is 11.0 Å². The lowest BCUT2D eigenvalue weighted by atomic mass is 9.54. The molecule has 1 aliphatic rings. The minimum Gasteiger partial charge on any atom is -0.493 e. The number of carbonyl (C=O) groups is 1. The largest absolute Gasteiger partial charge is 0.493 e. The SMILES string of the molecule is CCOC1CC(N)(C(=O)NCC(C)(C)c2ccc(OC)c(OC)c2)C1(C)C. The van der Waals surface area contributed by atoms with Crippen molar-refractivity contribution in [2.24, 2.45) is 11.1 Å². The number of hydrogen-bond acceptors (Lipinski definition) is 5. The van der Waals surface area contributed by atoms with E-state index in [0.29, 0.717) is 31.1 Å². The highest BCUT2D eigenvalue weighted by molar-refractivity contribution is 5.88. The van der Waals surface area contributed by atoms with Gasteiger partial charge in [-0.25, -0.2) is 0 Å². The number of ether oxygens (including phenoxy) is 3. The molecule has 1 fully saturated rings. The van der Waals surface area contributed by atoms with Crippen LogP contribution in [0.5, 0.6) is 11.5 Å². The summed E-state index contributed by atoms with van der Waals surface area (Å²) in [6, 6.07) is 5.82. The molecule has 2 unspecified atom stereocenters. The van der Waals surface area contributed by atoms with Crippen molar-refractivity contribution >= 4 is 5.91 Å². The summed E-state index contributed by atoms with van der Waals surface area (Å²) in [5.41, 5.74) is 5.90. The van der Waals surface area contributed by atoms with E-state index in [9.17, 15) is 4.79 Å². The summed E-state index contributed by atoms with van der Waals surface area (Å²) in [5, 5.41) is 3.06. The van der Waals surface area contributed by atoms with Crippen LogP contribution in [0.15, 0.2) is 18.2 Å². The molecule has 2 atom stereocenters. The normalized spacial score (nSPS) is 24.1. The molecular formula is C21H34N2O4. The van der Waals surface area contributed by atoms with Crippen molar-refractivity contribution in [3.8, 4) is 11.5 Å². The third-order valence-electron chi connectivity index (χ3n) is 6.09. The van der Waals surface area contributed by atoms with E-state index in [2.05, 4.69) is 19.2 Å². The van der Waals surface area contributed by atoms with Gasteiger partial charge < -0.3 is 25.3 Å². The van der Waals surface area contributed by atoms with Gasteiger partial charge in [0.2, 0.25) is 5.91 Å². The maximum atomic E-state index is 12.9. The molecule has 6 heteroatoms. The van der Waals surface area contributed by atoms with Crippen molar-refractivity contribution < 1.29 is 19.0 Å².